The predicted octanol–water partition coefficient (Wildman–Crippen LogP) is 3.13. The molecule has 0 amide bonds. The summed E-state index contributed by atoms with van der Waals surface area (Å²) in [7, 11) is 1.56. The Morgan fingerprint density at radius 1 is 1.19 bits per heavy atom. The molecule has 0 saturated heterocycles. The van der Waals surface area contributed by atoms with Gasteiger partial charge in [-0.15, -0.1) is 0 Å². The molecule has 0 aliphatic heterocycles. The number of methoxy groups -OCH3 is 1. The number of halogens is 1. The molecule has 5 nitrogen and oxygen atoms in total. The van der Waals surface area contributed by atoms with Crippen molar-refractivity contribution < 1.29 is 13.7 Å². The number of rotatable bonds is 3. The van der Waals surface area contributed by atoms with Crippen molar-refractivity contribution in [2.45, 2.75) is 0 Å². The maximum absolute atomic E-state index is 13.2. The molecule has 0 aliphatic carbocycles. The molecular weight excluding hydrogens is 273 g/mol. The molecule has 0 fully saturated rings. The van der Waals surface area contributed by atoms with E-state index in [1.807, 2.05) is 0 Å². The summed E-state index contributed by atoms with van der Waals surface area (Å²) in [6, 6.07) is 11.1. The van der Waals surface area contributed by atoms with Crippen LogP contribution in [0, 0.1) is 5.82 Å². The molecule has 0 aliphatic rings. The number of hydrogen-bond acceptors (Lipinski definition) is 5. The van der Waals surface area contributed by atoms with Gasteiger partial charge in [0.15, 0.2) is 0 Å². The van der Waals surface area contributed by atoms with Crippen molar-refractivity contribution in [3.8, 4) is 28.6 Å². The molecule has 0 saturated carbocycles. The van der Waals surface area contributed by atoms with Crippen LogP contribution < -0.4 is 10.5 Å². The van der Waals surface area contributed by atoms with Crippen molar-refractivity contribution in [2.75, 3.05) is 12.8 Å². The minimum atomic E-state index is -0.359. The van der Waals surface area contributed by atoms with Crippen LogP contribution in [0.1, 0.15) is 0 Å². The van der Waals surface area contributed by atoms with Gasteiger partial charge in [0.1, 0.15) is 11.6 Å². The molecular formula is C15H12FN3O2. The lowest BCUT2D eigenvalue weighted by Gasteiger charge is -2.03. The van der Waals surface area contributed by atoms with E-state index in [-0.39, 0.29) is 11.7 Å². The van der Waals surface area contributed by atoms with Gasteiger partial charge in [0.2, 0.25) is 5.82 Å². The first-order valence-corrected chi connectivity index (χ1v) is 6.21. The Balaban J connectivity index is 1.98. The summed E-state index contributed by atoms with van der Waals surface area (Å²) in [5, 5.41) is 3.85. The topological polar surface area (TPSA) is 74.2 Å². The van der Waals surface area contributed by atoms with Crippen LogP contribution in [0.25, 0.3) is 22.8 Å². The van der Waals surface area contributed by atoms with Gasteiger partial charge in [-0.1, -0.05) is 17.3 Å². The van der Waals surface area contributed by atoms with Gasteiger partial charge in [-0.25, -0.2) is 4.39 Å². The largest absolute Gasteiger partial charge is 0.497 e. The minimum Gasteiger partial charge on any atom is -0.497 e. The van der Waals surface area contributed by atoms with Gasteiger partial charge in [-0.2, -0.15) is 4.98 Å². The van der Waals surface area contributed by atoms with Crippen molar-refractivity contribution in [1.29, 1.82) is 0 Å². The molecule has 2 aromatic carbocycles. The van der Waals surface area contributed by atoms with Gasteiger partial charge in [-0.05, 0) is 24.3 Å². The zero-order chi connectivity index (χ0) is 14.8. The average molecular weight is 285 g/mol. The summed E-state index contributed by atoms with van der Waals surface area (Å²) in [5.41, 5.74) is 7.54. The standard InChI is InChI=1S/C15H12FN3O2/c1-20-11-5-6-12(13(17)8-11)15-18-14(19-21-15)9-3-2-4-10(16)7-9/h2-8H,17H2,1H3. The van der Waals surface area contributed by atoms with Crippen molar-refractivity contribution in [3.05, 3.63) is 48.3 Å². The highest BCUT2D eigenvalue weighted by Crippen LogP contribution is 2.29. The third-order valence-electron chi connectivity index (χ3n) is 3.00. The Labute approximate surface area is 120 Å². The first kappa shape index (κ1) is 13.1. The maximum atomic E-state index is 13.2. The molecule has 106 valence electrons. The van der Waals surface area contributed by atoms with E-state index < -0.39 is 0 Å². The number of nitrogens with two attached hydrogens (primary N) is 1. The normalized spacial score (nSPS) is 10.6. The highest BCUT2D eigenvalue weighted by atomic mass is 19.1. The van der Waals surface area contributed by atoms with E-state index in [2.05, 4.69) is 10.1 Å². The minimum absolute atomic E-state index is 0.273. The summed E-state index contributed by atoms with van der Waals surface area (Å²) in [5.74, 6) is 0.859. The lowest BCUT2D eigenvalue weighted by Crippen LogP contribution is -1.92. The summed E-state index contributed by atoms with van der Waals surface area (Å²) < 4.78 is 23.5. The quantitative estimate of drug-likeness (QED) is 0.748. The van der Waals surface area contributed by atoms with Crippen LogP contribution in [-0.4, -0.2) is 17.3 Å². The first-order chi connectivity index (χ1) is 10.2. The lowest BCUT2D eigenvalue weighted by atomic mass is 10.1. The number of nitrogens with zero attached hydrogens (tertiary/aromatic N) is 2. The van der Waals surface area contributed by atoms with Crippen LogP contribution >= 0.6 is 0 Å². The van der Waals surface area contributed by atoms with Crippen LogP contribution in [0.4, 0.5) is 10.1 Å². The Kier molecular flexibility index (Phi) is 3.27. The fourth-order valence-electron chi connectivity index (χ4n) is 1.94. The molecule has 21 heavy (non-hydrogen) atoms. The van der Waals surface area contributed by atoms with Crippen LogP contribution in [0.2, 0.25) is 0 Å². The molecule has 0 radical (unpaired) electrons. The van der Waals surface area contributed by atoms with Crippen LogP contribution in [-0.2, 0) is 0 Å². The monoisotopic (exact) mass is 285 g/mol. The molecule has 1 heterocycles. The molecule has 0 unspecified atom stereocenters. The lowest BCUT2D eigenvalue weighted by molar-refractivity contribution is 0.414. The average Bonchev–Trinajstić information content (AvgIpc) is 2.96. The third-order valence-corrected chi connectivity index (χ3v) is 3.00. The van der Waals surface area contributed by atoms with E-state index in [0.717, 1.165) is 0 Å². The SMILES string of the molecule is COc1ccc(-c2nc(-c3cccc(F)c3)no2)c(N)c1. The molecule has 3 aromatic rings. The fourth-order valence-corrected chi connectivity index (χ4v) is 1.94. The molecule has 0 atom stereocenters. The number of anilines is 1. The van der Waals surface area contributed by atoms with Gasteiger partial charge >= 0.3 is 0 Å². The highest BCUT2D eigenvalue weighted by molar-refractivity contribution is 5.73. The zero-order valence-electron chi connectivity index (χ0n) is 11.2. The van der Waals surface area contributed by atoms with E-state index in [4.69, 9.17) is 15.0 Å². The van der Waals surface area contributed by atoms with Crippen molar-refractivity contribution in [1.82, 2.24) is 10.1 Å². The Morgan fingerprint density at radius 3 is 2.76 bits per heavy atom. The van der Waals surface area contributed by atoms with E-state index in [1.54, 1.807) is 37.4 Å². The Bertz CT molecular complexity index is 786. The van der Waals surface area contributed by atoms with Gasteiger partial charge in [0.25, 0.3) is 5.89 Å². The Hall–Kier alpha value is -2.89. The number of nitrogen functional groups attached to an aromatic ring is 1. The highest BCUT2D eigenvalue weighted by Gasteiger charge is 2.14. The van der Waals surface area contributed by atoms with Crippen LogP contribution in [0.5, 0.6) is 5.75 Å². The molecule has 0 spiro atoms. The number of ether oxygens (including phenoxy) is 1. The second-order valence-electron chi connectivity index (χ2n) is 4.39. The number of benzene rings is 2. The van der Waals surface area contributed by atoms with Crippen LogP contribution in [0.15, 0.2) is 47.0 Å². The predicted molar refractivity (Wildman–Crippen MR) is 76.1 cm³/mol. The van der Waals surface area contributed by atoms with E-state index >= 15 is 0 Å². The van der Waals surface area contributed by atoms with E-state index in [9.17, 15) is 4.39 Å². The summed E-state index contributed by atoms with van der Waals surface area (Å²) in [4.78, 5) is 4.24. The van der Waals surface area contributed by atoms with Crippen molar-refractivity contribution in [3.63, 3.8) is 0 Å². The van der Waals surface area contributed by atoms with Crippen LogP contribution in [0.3, 0.4) is 0 Å². The number of hydrogen-bond donors (Lipinski definition) is 1. The maximum Gasteiger partial charge on any atom is 0.260 e. The second kappa shape index (κ2) is 5.24. The van der Waals surface area contributed by atoms with Gasteiger partial charge in [0, 0.05) is 17.3 Å². The smallest absolute Gasteiger partial charge is 0.260 e. The summed E-state index contributed by atoms with van der Waals surface area (Å²) >= 11 is 0. The van der Waals surface area contributed by atoms with Gasteiger partial charge in [-0.3, -0.25) is 0 Å². The van der Waals surface area contributed by atoms with E-state index in [1.165, 1.54) is 12.1 Å². The molecule has 6 heteroatoms. The molecule has 1 aromatic heterocycles. The molecule has 2 N–H and O–H groups in total. The van der Waals surface area contributed by atoms with Crippen molar-refractivity contribution in [2.24, 2.45) is 0 Å². The van der Waals surface area contributed by atoms with E-state index in [0.29, 0.717) is 28.4 Å². The molecule has 0 bridgehead atoms. The number of aromatic nitrogens is 2. The first-order valence-electron chi connectivity index (χ1n) is 6.21. The third kappa shape index (κ3) is 2.55. The zero-order valence-corrected chi connectivity index (χ0v) is 11.2. The van der Waals surface area contributed by atoms with Crippen molar-refractivity contribution >= 4 is 5.69 Å². The van der Waals surface area contributed by atoms with Gasteiger partial charge in [0.05, 0.1) is 12.7 Å². The Morgan fingerprint density at radius 2 is 2.05 bits per heavy atom. The second-order valence-corrected chi connectivity index (χ2v) is 4.39. The van der Waals surface area contributed by atoms with Gasteiger partial charge < -0.3 is 15.0 Å². The fraction of sp³-hybridized carbons (Fsp3) is 0.0667. The summed E-state index contributed by atoms with van der Waals surface area (Å²) in [6.07, 6.45) is 0. The molecule has 3 rings (SSSR count). The summed E-state index contributed by atoms with van der Waals surface area (Å²) in [6.45, 7) is 0.